The third kappa shape index (κ3) is 3.07. The summed E-state index contributed by atoms with van der Waals surface area (Å²) in [4.78, 5) is 24.0. The van der Waals surface area contributed by atoms with Gasteiger partial charge in [-0.15, -0.1) is 0 Å². The highest BCUT2D eigenvalue weighted by atomic mass is 16.1. The van der Waals surface area contributed by atoms with Crippen LogP contribution in [0.5, 0.6) is 0 Å². The van der Waals surface area contributed by atoms with Crippen molar-refractivity contribution in [2.45, 2.75) is 51.9 Å². The van der Waals surface area contributed by atoms with Gasteiger partial charge in [0.25, 0.3) is 0 Å². The number of amidine groups is 1. The first kappa shape index (κ1) is 18.2. The predicted molar refractivity (Wildman–Crippen MR) is 121 cm³/mol. The van der Waals surface area contributed by atoms with E-state index in [1.54, 1.807) is 0 Å². The van der Waals surface area contributed by atoms with Gasteiger partial charge in [-0.25, -0.2) is 4.99 Å². The molecule has 0 saturated heterocycles. The van der Waals surface area contributed by atoms with Gasteiger partial charge in [0.15, 0.2) is 0 Å². The number of anilines is 1. The van der Waals surface area contributed by atoms with Gasteiger partial charge in [0.2, 0.25) is 5.43 Å². The summed E-state index contributed by atoms with van der Waals surface area (Å²) in [7, 11) is 0. The van der Waals surface area contributed by atoms with E-state index >= 15 is 0 Å². The first-order chi connectivity index (χ1) is 14.1. The lowest BCUT2D eigenvalue weighted by Crippen LogP contribution is -2.47. The summed E-state index contributed by atoms with van der Waals surface area (Å²) in [6, 6.07) is 8.43. The van der Waals surface area contributed by atoms with Crippen molar-refractivity contribution >= 4 is 35.2 Å². The van der Waals surface area contributed by atoms with Crippen molar-refractivity contribution < 1.29 is 0 Å². The molecule has 148 valence electrons. The molecule has 0 bridgehead atoms. The summed E-state index contributed by atoms with van der Waals surface area (Å²) in [6.45, 7) is 6.48. The van der Waals surface area contributed by atoms with Crippen LogP contribution in [0.4, 0.5) is 11.5 Å². The Balaban J connectivity index is 1.74. The molecule has 0 spiro atoms. The zero-order valence-corrected chi connectivity index (χ0v) is 17.0. The quantitative estimate of drug-likeness (QED) is 0.845. The molecule has 1 N–H and O–H groups in total. The molecular formula is C25H27N3O. The number of benzene rings is 1. The summed E-state index contributed by atoms with van der Waals surface area (Å²) in [5.41, 5.74) is 3.63. The molecular weight excluding hydrogens is 358 g/mol. The average molecular weight is 386 g/mol. The standard InChI is InChI=1S/C25H27N3O/c1-16-12-14-19(15-13-16)28-17(2)22-23(29)20-10-6-7-11-21(20)26-24(22)27-25(28)18-8-4-3-5-9-18/h10-15,18,26H,2-9H2,1H3. The Morgan fingerprint density at radius 2 is 1.79 bits per heavy atom. The van der Waals surface area contributed by atoms with E-state index < -0.39 is 0 Å². The summed E-state index contributed by atoms with van der Waals surface area (Å²) in [6.07, 6.45) is 12.0. The second kappa shape index (κ2) is 7.18. The Kier molecular flexibility index (Phi) is 4.50. The molecule has 0 unspecified atom stereocenters. The zero-order chi connectivity index (χ0) is 20.0. The minimum Gasteiger partial charge on any atom is -0.339 e. The van der Waals surface area contributed by atoms with E-state index in [-0.39, 0.29) is 5.43 Å². The van der Waals surface area contributed by atoms with Crippen LogP contribution in [0.2, 0.25) is 0 Å². The molecule has 0 atom stereocenters. The lowest BCUT2D eigenvalue weighted by atomic mass is 9.86. The summed E-state index contributed by atoms with van der Waals surface area (Å²) in [5, 5.41) is 1.67. The number of pyridine rings is 1. The number of aryl methyl sites for hydroxylation is 1. The van der Waals surface area contributed by atoms with E-state index in [9.17, 15) is 4.79 Å². The van der Waals surface area contributed by atoms with Gasteiger partial charge in [0.05, 0.1) is 11.3 Å². The molecule has 1 aliphatic heterocycles. The molecule has 1 fully saturated rings. The topological polar surface area (TPSA) is 48.5 Å². The number of aromatic amines is 1. The zero-order valence-electron chi connectivity index (χ0n) is 17.0. The highest BCUT2D eigenvalue weighted by Gasteiger charge is 2.33. The Hall–Kier alpha value is -2.88. The van der Waals surface area contributed by atoms with Gasteiger partial charge in [-0.3, -0.25) is 9.69 Å². The fourth-order valence-corrected chi connectivity index (χ4v) is 4.82. The Morgan fingerprint density at radius 3 is 2.55 bits per heavy atom. The van der Waals surface area contributed by atoms with Crippen LogP contribution in [-0.2, 0) is 0 Å². The summed E-state index contributed by atoms with van der Waals surface area (Å²) >= 11 is 0. The van der Waals surface area contributed by atoms with Crippen molar-refractivity contribution in [3.8, 4) is 0 Å². The number of H-pyrrole nitrogens is 1. The number of rotatable bonds is 2. The molecule has 0 amide bonds. The van der Waals surface area contributed by atoms with Gasteiger partial charge in [0, 0.05) is 22.2 Å². The van der Waals surface area contributed by atoms with E-state index in [0.717, 1.165) is 53.5 Å². The molecule has 4 nitrogen and oxygen atoms in total. The molecule has 1 aromatic heterocycles. The molecule has 4 heteroatoms. The summed E-state index contributed by atoms with van der Waals surface area (Å²) in [5.74, 6) is 2.10. The second-order valence-electron chi connectivity index (χ2n) is 8.41. The van der Waals surface area contributed by atoms with Crippen molar-refractivity contribution in [2.24, 2.45) is 10.9 Å². The Labute approximate surface area is 171 Å². The normalized spacial score (nSPS) is 19.0. The Morgan fingerprint density at radius 1 is 1.07 bits per heavy atom. The van der Waals surface area contributed by atoms with E-state index in [2.05, 4.69) is 53.7 Å². The fraction of sp³-hybridized carbons (Fsp3) is 0.360. The van der Waals surface area contributed by atoms with Gasteiger partial charge in [0.1, 0.15) is 11.7 Å². The van der Waals surface area contributed by atoms with Crippen LogP contribution in [0.15, 0.2) is 40.6 Å². The highest BCUT2D eigenvalue weighted by Crippen LogP contribution is 2.38. The molecule has 5 rings (SSSR count). The van der Waals surface area contributed by atoms with E-state index in [4.69, 9.17) is 4.99 Å². The number of fused-ring (bicyclic) bond motifs is 2. The van der Waals surface area contributed by atoms with Crippen molar-refractivity contribution in [3.63, 3.8) is 0 Å². The highest BCUT2D eigenvalue weighted by molar-refractivity contribution is 6.13. The first-order valence-electron chi connectivity index (χ1n) is 10.7. The SMILES string of the molecule is C=C1c2c([nH]c3c(c2=O)=CCCC=3)N=C(C2CCCCC2)N1c1ccc(C)cc1. The third-order valence-corrected chi connectivity index (χ3v) is 6.39. The maximum atomic E-state index is 13.4. The number of nitrogens with one attached hydrogen (secondary N) is 1. The molecule has 2 heterocycles. The minimum atomic E-state index is 0.0401. The third-order valence-electron chi connectivity index (χ3n) is 6.39. The number of aliphatic imine (C=N–C) groups is 1. The van der Waals surface area contributed by atoms with Gasteiger partial charge in [-0.05, 0) is 44.7 Å². The largest absolute Gasteiger partial charge is 0.339 e. The van der Waals surface area contributed by atoms with E-state index in [0.29, 0.717) is 17.3 Å². The number of hydrogen-bond donors (Lipinski definition) is 1. The fourth-order valence-electron chi connectivity index (χ4n) is 4.82. The molecule has 1 aromatic carbocycles. The molecule has 29 heavy (non-hydrogen) atoms. The lowest BCUT2D eigenvalue weighted by molar-refractivity contribution is 0.437. The first-order valence-corrected chi connectivity index (χ1v) is 10.7. The van der Waals surface area contributed by atoms with Crippen LogP contribution < -0.4 is 20.9 Å². The molecule has 2 aromatic rings. The predicted octanol–water partition coefficient (Wildman–Crippen LogP) is 4.14. The van der Waals surface area contributed by atoms with Gasteiger partial charge >= 0.3 is 0 Å². The van der Waals surface area contributed by atoms with Crippen LogP contribution in [0.25, 0.3) is 17.8 Å². The molecule has 0 radical (unpaired) electrons. The maximum Gasteiger partial charge on any atom is 0.200 e. The van der Waals surface area contributed by atoms with Crippen molar-refractivity contribution in [1.29, 1.82) is 0 Å². The summed E-state index contributed by atoms with van der Waals surface area (Å²) < 4.78 is 0. The van der Waals surface area contributed by atoms with Crippen LogP contribution in [0.1, 0.15) is 56.1 Å². The molecule has 1 saturated carbocycles. The second-order valence-corrected chi connectivity index (χ2v) is 8.41. The van der Waals surface area contributed by atoms with Gasteiger partial charge in [-0.1, -0.05) is 55.7 Å². The van der Waals surface area contributed by atoms with Crippen LogP contribution in [0, 0.1) is 12.8 Å². The van der Waals surface area contributed by atoms with Crippen molar-refractivity contribution in [3.05, 3.63) is 62.8 Å². The van der Waals surface area contributed by atoms with Crippen molar-refractivity contribution in [1.82, 2.24) is 4.98 Å². The Bertz CT molecular complexity index is 1180. The van der Waals surface area contributed by atoms with Crippen LogP contribution >= 0.6 is 0 Å². The maximum absolute atomic E-state index is 13.4. The smallest absolute Gasteiger partial charge is 0.200 e. The number of nitrogens with zero attached hydrogens (tertiary/aromatic N) is 2. The van der Waals surface area contributed by atoms with E-state index in [1.807, 2.05) is 6.08 Å². The molecule has 2 aliphatic carbocycles. The number of aromatic nitrogens is 1. The van der Waals surface area contributed by atoms with E-state index in [1.165, 1.54) is 24.8 Å². The van der Waals surface area contributed by atoms with Gasteiger partial charge in [-0.2, -0.15) is 0 Å². The molecule has 3 aliphatic rings. The minimum absolute atomic E-state index is 0.0401. The van der Waals surface area contributed by atoms with Crippen LogP contribution in [-0.4, -0.2) is 10.8 Å². The number of hydrogen-bond acceptors (Lipinski definition) is 3. The monoisotopic (exact) mass is 385 g/mol. The van der Waals surface area contributed by atoms with Crippen molar-refractivity contribution in [2.75, 3.05) is 4.90 Å². The van der Waals surface area contributed by atoms with Gasteiger partial charge < -0.3 is 4.98 Å². The van der Waals surface area contributed by atoms with Crippen LogP contribution in [0.3, 0.4) is 0 Å². The average Bonchev–Trinajstić information content (AvgIpc) is 2.75. The lowest BCUT2D eigenvalue weighted by Gasteiger charge is -2.37.